The number of hydrogen-bond acceptors (Lipinski definition) is 0. The summed E-state index contributed by atoms with van der Waals surface area (Å²) in [5.41, 5.74) is 1.31. The van der Waals surface area contributed by atoms with Gasteiger partial charge < -0.3 is 0 Å². The summed E-state index contributed by atoms with van der Waals surface area (Å²) in [6, 6.07) is 30.5. The van der Waals surface area contributed by atoms with E-state index in [1.807, 2.05) is 0 Å². The molecule has 0 amide bonds. The van der Waals surface area contributed by atoms with Crippen molar-refractivity contribution in [2.75, 3.05) is 0 Å². The van der Waals surface area contributed by atoms with Gasteiger partial charge in [-0.3, -0.25) is 0 Å². The van der Waals surface area contributed by atoms with Crippen LogP contribution in [0.15, 0.2) is 99.6 Å². The molecule has 3 rings (SSSR count). The number of rotatable bonds is 5. The van der Waals surface area contributed by atoms with Crippen LogP contribution in [-0.4, -0.2) is 7.28 Å². The zero-order chi connectivity index (χ0) is 15.2. The van der Waals surface area contributed by atoms with Crippen LogP contribution in [0.5, 0.6) is 0 Å². The third-order valence-electron chi connectivity index (χ3n) is 3.49. The molecular formula is C20H19BS+. The second-order valence-corrected chi connectivity index (χ2v) is 7.14. The maximum absolute atomic E-state index is 2.33. The SMILES string of the molecule is CC[B]c1cccc([S+](c2ccccc2)c2ccccc2)c1. The van der Waals surface area contributed by atoms with E-state index in [2.05, 4.69) is 99.1 Å². The van der Waals surface area contributed by atoms with Crippen LogP contribution in [0.3, 0.4) is 0 Å². The molecule has 107 valence electrons. The molecule has 0 saturated carbocycles. The fraction of sp³-hybridized carbons (Fsp3) is 0.100. The van der Waals surface area contributed by atoms with Gasteiger partial charge in [-0.05, 0) is 36.4 Å². The van der Waals surface area contributed by atoms with Crippen molar-refractivity contribution >= 4 is 23.6 Å². The van der Waals surface area contributed by atoms with E-state index in [-0.39, 0.29) is 10.9 Å². The van der Waals surface area contributed by atoms with Crippen LogP contribution >= 0.6 is 0 Å². The molecule has 0 aromatic heterocycles. The Kier molecular flexibility index (Phi) is 5.02. The van der Waals surface area contributed by atoms with Crippen molar-refractivity contribution in [2.24, 2.45) is 0 Å². The van der Waals surface area contributed by atoms with Crippen LogP contribution in [0.2, 0.25) is 6.32 Å². The smallest absolute Gasteiger partial charge is 0.0829 e. The number of hydrogen-bond donors (Lipinski definition) is 0. The minimum absolute atomic E-state index is 0.0485. The molecule has 2 heteroatoms. The first-order chi connectivity index (χ1) is 10.9. The van der Waals surface area contributed by atoms with Gasteiger partial charge in [0.2, 0.25) is 0 Å². The van der Waals surface area contributed by atoms with Crippen LogP contribution in [0, 0.1) is 0 Å². The normalized spacial score (nSPS) is 10.6. The molecule has 0 fully saturated rings. The summed E-state index contributed by atoms with van der Waals surface area (Å²) in [5.74, 6) is 0. The summed E-state index contributed by atoms with van der Waals surface area (Å²) in [6.07, 6.45) is 1.06. The van der Waals surface area contributed by atoms with E-state index in [1.54, 1.807) is 0 Å². The lowest BCUT2D eigenvalue weighted by Gasteiger charge is -2.09. The minimum Gasteiger partial charge on any atom is -0.0829 e. The van der Waals surface area contributed by atoms with Gasteiger partial charge in [0.15, 0.2) is 22.0 Å². The molecule has 22 heavy (non-hydrogen) atoms. The molecule has 0 saturated heterocycles. The van der Waals surface area contributed by atoms with Crippen LogP contribution in [-0.2, 0) is 10.9 Å². The first kappa shape index (κ1) is 15.0. The lowest BCUT2D eigenvalue weighted by molar-refractivity contribution is 1.32. The third-order valence-corrected chi connectivity index (χ3v) is 5.70. The summed E-state index contributed by atoms with van der Waals surface area (Å²) < 4.78 is 0. The molecule has 3 aromatic rings. The summed E-state index contributed by atoms with van der Waals surface area (Å²) in [6.45, 7) is 2.18. The average Bonchev–Trinajstić information content (AvgIpc) is 2.58. The molecule has 0 aliphatic rings. The average molecular weight is 302 g/mol. The predicted molar refractivity (Wildman–Crippen MR) is 97.4 cm³/mol. The molecule has 0 spiro atoms. The topological polar surface area (TPSA) is 0 Å². The maximum atomic E-state index is 2.33. The fourth-order valence-corrected chi connectivity index (χ4v) is 4.67. The first-order valence-corrected chi connectivity index (χ1v) is 8.88. The Hall–Kier alpha value is -1.93. The van der Waals surface area contributed by atoms with Crippen LogP contribution in [0.4, 0.5) is 0 Å². The molecule has 0 bridgehead atoms. The van der Waals surface area contributed by atoms with E-state index in [9.17, 15) is 0 Å². The van der Waals surface area contributed by atoms with Gasteiger partial charge in [-0.25, -0.2) is 0 Å². The highest BCUT2D eigenvalue weighted by Crippen LogP contribution is 2.30. The van der Waals surface area contributed by atoms with E-state index in [0.29, 0.717) is 0 Å². The Bertz CT molecular complexity index is 671. The van der Waals surface area contributed by atoms with Gasteiger partial charge in [-0.1, -0.05) is 67.2 Å². The Morgan fingerprint density at radius 1 is 0.682 bits per heavy atom. The molecule has 3 aromatic carbocycles. The second-order valence-electron chi connectivity index (χ2n) is 5.12. The summed E-state index contributed by atoms with van der Waals surface area (Å²) in [5, 5.41) is 0. The van der Waals surface area contributed by atoms with Gasteiger partial charge in [-0.2, -0.15) is 0 Å². The Balaban J connectivity index is 2.08. The van der Waals surface area contributed by atoms with E-state index in [1.165, 1.54) is 20.1 Å². The van der Waals surface area contributed by atoms with Crippen LogP contribution in [0.25, 0.3) is 0 Å². The fourth-order valence-electron chi connectivity index (χ4n) is 2.53. The predicted octanol–water partition coefficient (Wildman–Crippen LogP) is 4.55. The van der Waals surface area contributed by atoms with Crippen molar-refractivity contribution in [2.45, 2.75) is 27.9 Å². The van der Waals surface area contributed by atoms with Crippen molar-refractivity contribution in [3.63, 3.8) is 0 Å². The maximum Gasteiger partial charge on any atom is 0.166 e. The van der Waals surface area contributed by atoms with Crippen molar-refractivity contribution in [1.29, 1.82) is 0 Å². The van der Waals surface area contributed by atoms with Gasteiger partial charge in [0.05, 0.1) is 10.9 Å². The largest absolute Gasteiger partial charge is 0.166 e. The standard InChI is InChI=1S/C20H19BS/c1-2-21-17-10-9-15-20(16-17)22(18-11-5-3-6-12-18)19-13-7-4-8-14-19/h3-16H,2H2,1H3/q+1. The highest BCUT2D eigenvalue weighted by Gasteiger charge is 2.28. The second kappa shape index (κ2) is 7.37. The van der Waals surface area contributed by atoms with E-state index in [4.69, 9.17) is 0 Å². The first-order valence-electron chi connectivity index (χ1n) is 7.66. The zero-order valence-corrected chi connectivity index (χ0v) is 13.6. The quantitative estimate of drug-likeness (QED) is 0.479. The summed E-state index contributed by atoms with van der Waals surface area (Å²) in [4.78, 5) is 4.10. The molecule has 0 unspecified atom stereocenters. The van der Waals surface area contributed by atoms with Gasteiger partial charge >= 0.3 is 0 Å². The Morgan fingerprint density at radius 3 is 1.77 bits per heavy atom. The highest BCUT2D eigenvalue weighted by molar-refractivity contribution is 7.97. The van der Waals surface area contributed by atoms with E-state index in [0.717, 1.165) is 6.32 Å². The van der Waals surface area contributed by atoms with Gasteiger partial charge in [0.25, 0.3) is 0 Å². The molecule has 0 heterocycles. The summed E-state index contributed by atoms with van der Waals surface area (Å²) in [7, 11) is 2.23. The Morgan fingerprint density at radius 2 is 1.23 bits per heavy atom. The van der Waals surface area contributed by atoms with Crippen molar-refractivity contribution < 1.29 is 0 Å². The van der Waals surface area contributed by atoms with Crippen molar-refractivity contribution in [3.8, 4) is 0 Å². The van der Waals surface area contributed by atoms with Crippen molar-refractivity contribution in [3.05, 3.63) is 84.9 Å². The van der Waals surface area contributed by atoms with Gasteiger partial charge in [0.1, 0.15) is 0 Å². The molecule has 0 aliphatic carbocycles. The van der Waals surface area contributed by atoms with E-state index >= 15 is 0 Å². The molecule has 0 nitrogen and oxygen atoms in total. The third kappa shape index (κ3) is 3.45. The van der Waals surface area contributed by atoms with Gasteiger partial charge in [0, 0.05) is 0 Å². The molecule has 0 aliphatic heterocycles. The Labute approximate surface area is 136 Å². The van der Waals surface area contributed by atoms with Gasteiger partial charge in [-0.15, -0.1) is 0 Å². The van der Waals surface area contributed by atoms with Crippen LogP contribution < -0.4 is 5.46 Å². The molecule has 1 radical (unpaired) electrons. The lowest BCUT2D eigenvalue weighted by atomic mass is 9.68. The summed E-state index contributed by atoms with van der Waals surface area (Å²) >= 11 is 0. The monoisotopic (exact) mass is 302 g/mol. The minimum atomic E-state index is -0.0485. The number of benzene rings is 3. The van der Waals surface area contributed by atoms with Crippen molar-refractivity contribution in [1.82, 2.24) is 0 Å². The zero-order valence-electron chi connectivity index (χ0n) is 12.8. The van der Waals surface area contributed by atoms with E-state index < -0.39 is 0 Å². The lowest BCUT2D eigenvalue weighted by Crippen LogP contribution is -2.15. The highest BCUT2D eigenvalue weighted by atomic mass is 32.2. The molecule has 0 N–H and O–H groups in total. The molecular weight excluding hydrogens is 283 g/mol. The van der Waals surface area contributed by atoms with Crippen LogP contribution in [0.1, 0.15) is 6.92 Å². The molecule has 0 atom stereocenters.